The van der Waals surface area contributed by atoms with Crippen LogP contribution in [0, 0.1) is 0 Å². The Morgan fingerprint density at radius 3 is 2.55 bits per heavy atom. The predicted molar refractivity (Wildman–Crippen MR) is 134 cm³/mol. The number of fused-ring (bicyclic) bond motifs is 1. The monoisotopic (exact) mass is 504 g/mol. The second-order valence-corrected chi connectivity index (χ2v) is 10.2. The summed E-state index contributed by atoms with van der Waals surface area (Å²) in [6.45, 7) is 5.26. The standard InChI is InChI=1S/C24H26Cl2N4O2S/c25-17-3-4-20(19(26)12-17)29-9-7-28(8-10-29)13-15-1-2-16-14-30(24(33)18(16)11-15)21-5-6-22(31)27-23(21)32/h1-4,11-12,21,24,33H,5-10,13-14H2,(H,27,31,32). The minimum Gasteiger partial charge on any atom is -0.368 e. The molecule has 9 heteroatoms. The number of hydrogen-bond donors (Lipinski definition) is 2. The first kappa shape index (κ1) is 23.0. The van der Waals surface area contributed by atoms with Gasteiger partial charge in [0.25, 0.3) is 0 Å². The average molecular weight is 505 g/mol. The van der Waals surface area contributed by atoms with E-state index in [2.05, 4.69) is 38.2 Å². The number of benzene rings is 2. The van der Waals surface area contributed by atoms with Crippen LogP contribution in [0.1, 0.15) is 34.9 Å². The van der Waals surface area contributed by atoms with E-state index in [1.165, 1.54) is 11.1 Å². The number of piperazine rings is 1. The Kier molecular flexibility index (Phi) is 6.60. The summed E-state index contributed by atoms with van der Waals surface area (Å²) in [5, 5.41) is 3.66. The molecule has 174 valence electrons. The van der Waals surface area contributed by atoms with E-state index >= 15 is 0 Å². The van der Waals surface area contributed by atoms with Crippen LogP contribution in [-0.2, 0) is 22.7 Å². The molecule has 2 unspecified atom stereocenters. The minimum atomic E-state index is -0.311. The first-order chi connectivity index (χ1) is 15.9. The third-order valence-electron chi connectivity index (χ3n) is 6.79. The van der Waals surface area contributed by atoms with Gasteiger partial charge in [0, 0.05) is 50.7 Å². The summed E-state index contributed by atoms with van der Waals surface area (Å²) >= 11 is 17.3. The van der Waals surface area contributed by atoms with Crippen molar-refractivity contribution >= 4 is 53.3 Å². The lowest BCUT2D eigenvalue weighted by Crippen LogP contribution is -2.51. The van der Waals surface area contributed by atoms with Crippen LogP contribution in [0.25, 0.3) is 0 Å². The fraction of sp³-hybridized carbons (Fsp3) is 0.417. The van der Waals surface area contributed by atoms with Crippen molar-refractivity contribution in [2.45, 2.75) is 37.3 Å². The molecule has 0 spiro atoms. The van der Waals surface area contributed by atoms with Crippen molar-refractivity contribution in [2.75, 3.05) is 31.1 Å². The molecule has 3 aliphatic rings. The molecule has 3 aliphatic heterocycles. The molecular formula is C24H26Cl2N4O2S. The molecule has 2 amide bonds. The smallest absolute Gasteiger partial charge is 0.243 e. The zero-order valence-corrected chi connectivity index (χ0v) is 20.5. The summed E-state index contributed by atoms with van der Waals surface area (Å²) < 4.78 is 0. The lowest BCUT2D eigenvalue weighted by atomic mass is 10.0. The number of piperidine rings is 1. The van der Waals surface area contributed by atoms with Crippen LogP contribution in [-0.4, -0.2) is 53.8 Å². The minimum absolute atomic E-state index is 0.146. The van der Waals surface area contributed by atoms with Gasteiger partial charge in [-0.2, -0.15) is 12.6 Å². The molecule has 33 heavy (non-hydrogen) atoms. The summed E-state index contributed by atoms with van der Waals surface area (Å²) in [4.78, 5) is 30.7. The molecule has 2 saturated heterocycles. The van der Waals surface area contributed by atoms with Crippen LogP contribution >= 0.6 is 35.8 Å². The van der Waals surface area contributed by atoms with E-state index in [1.54, 1.807) is 6.07 Å². The van der Waals surface area contributed by atoms with Crippen LogP contribution in [0.4, 0.5) is 5.69 Å². The van der Waals surface area contributed by atoms with Gasteiger partial charge in [-0.15, -0.1) is 0 Å². The normalized spacial score (nSPS) is 24.2. The Morgan fingerprint density at radius 1 is 1.03 bits per heavy atom. The zero-order valence-electron chi connectivity index (χ0n) is 18.1. The van der Waals surface area contributed by atoms with E-state index in [0.717, 1.165) is 44.0 Å². The molecule has 3 heterocycles. The molecule has 0 saturated carbocycles. The van der Waals surface area contributed by atoms with Crippen LogP contribution in [0.5, 0.6) is 0 Å². The molecule has 2 fully saturated rings. The Bertz CT molecular complexity index is 1090. The lowest BCUT2D eigenvalue weighted by Gasteiger charge is -2.36. The number of rotatable bonds is 4. The highest BCUT2D eigenvalue weighted by Crippen LogP contribution is 2.39. The number of hydrogen-bond acceptors (Lipinski definition) is 6. The maximum absolute atomic E-state index is 12.4. The number of thiol groups is 1. The Hall–Kier alpha value is -1.77. The van der Waals surface area contributed by atoms with Gasteiger partial charge in [0.05, 0.1) is 22.1 Å². The van der Waals surface area contributed by atoms with Crippen molar-refractivity contribution in [3.63, 3.8) is 0 Å². The summed E-state index contributed by atoms with van der Waals surface area (Å²) in [5.41, 5.74) is 4.64. The first-order valence-corrected chi connectivity index (χ1v) is 12.5. The number of nitrogens with one attached hydrogen (secondary N) is 1. The number of nitrogens with zero attached hydrogens (tertiary/aromatic N) is 3. The van der Waals surface area contributed by atoms with Gasteiger partial charge >= 0.3 is 0 Å². The largest absolute Gasteiger partial charge is 0.368 e. The fourth-order valence-corrected chi connectivity index (χ4v) is 6.02. The molecule has 0 bridgehead atoms. The lowest BCUT2D eigenvalue weighted by molar-refractivity contribution is -0.137. The molecule has 5 rings (SSSR count). The van der Waals surface area contributed by atoms with Crippen LogP contribution in [0.2, 0.25) is 10.0 Å². The quantitative estimate of drug-likeness (QED) is 0.488. The van der Waals surface area contributed by atoms with Gasteiger partial charge in [0.15, 0.2) is 0 Å². The summed E-state index contributed by atoms with van der Waals surface area (Å²) in [7, 11) is 0. The van der Waals surface area contributed by atoms with E-state index in [0.29, 0.717) is 29.4 Å². The highest BCUT2D eigenvalue weighted by Gasteiger charge is 2.39. The van der Waals surface area contributed by atoms with Gasteiger partial charge in [0.1, 0.15) is 0 Å². The molecule has 1 N–H and O–H groups in total. The van der Waals surface area contributed by atoms with Crippen LogP contribution < -0.4 is 10.2 Å². The third-order valence-corrected chi connectivity index (χ3v) is 7.91. The van der Waals surface area contributed by atoms with E-state index in [9.17, 15) is 9.59 Å². The molecular weight excluding hydrogens is 479 g/mol. The van der Waals surface area contributed by atoms with Gasteiger partial charge in [0.2, 0.25) is 11.8 Å². The average Bonchev–Trinajstić information content (AvgIpc) is 3.10. The topological polar surface area (TPSA) is 55.9 Å². The van der Waals surface area contributed by atoms with Crippen molar-refractivity contribution in [2.24, 2.45) is 0 Å². The fourth-order valence-electron chi connectivity index (χ4n) is 5.01. The van der Waals surface area contributed by atoms with Crippen molar-refractivity contribution < 1.29 is 9.59 Å². The van der Waals surface area contributed by atoms with Crippen LogP contribution in [0.15, 0.2) is 36.4 Å². The van der Waals surface area contributed by atoms with E-state index in [-0.39, 0.29) is 23.2 Å². The number of amides is 2. The summed E-state index contributed by atoms with van der Waals surface area (Å²) in [6.07, 6.45) is 0.923. The Labute approximate surface area is 209 Å². The van der Waals surface area contributed by atoms with Gasteiger partial charge in [-0.05, 0) is 41.3 Å². The molecule has 0 aromatic heterocycles. The second-order valence-electron chi connectivity index (χ2n) is 8.90. The second kappa shape index (κ2) is 9.47. The Balaban J connectivity index is 1.21. The molecule has 0 radical (unpaired) electrons. The highest BCUT2D eigenvalue weighted by atomic mass is 35.5. The van der Waals surface area contributed by atoms with Gasteiger partial charge in [-0.1, -0.05) is 41.4 Å². The third kappa shape index (κ3) is 4.75. The summed E-state index contributed by atoms with van der Waals surface area (Å²) in [5.74, 6) is -0.401. The SMILES string of the molecule is O=C1CCC(N2Cc3ccc(CN4CCN(c5ccc(Cl)cc5Cl)CC4)cc3C2S)C(=O)N1. The highest BCUT2D eigenvalue weighted by molar-refractivity contribution is 7.80. The summed E-state index contributed by atoms with van der Waals surface area (Å²) in [6, 6.07) is 11.9. The molecule has 0 aliphatic carbocycles. The molecule has 2 atom stereocenters. The van der Waals surface area contributed by atoms with Crippen LogP contribution in [0.3, 0.4) is 0 Å². The molecule has 2 aromatic carbocycles. The van der Waals surface area contributed by atoms with E-state index in [1.807, 2.05) is 12.1 Å². The Morgan fingerprint density at radius 2 is 1.82 bits per heavy atom. The molecule has 2 aromatic rings. The number of imide groups is 1. The predicted octanol–water partition coefficient (Wildman–Crippen LogP) is 3.86. The van der Waals surface area contributed by atoms with E-state index in [4.69, 9.17) is 35.8 Å². The van der Waals surface area contributed by atoms with Gasteiger partial charge in [-0.3, -0.25) is 24.7 Å². The maximum atomic E-state index is 12.4. The van der Waals surface area contributed by atoms with Gasteiger partial charge in [-0.25, -0.2) is 0 Å². The van der Waals surface area contributed by atoms with Gasteiger partial charge < -0.3 is 4.90 Å². The number of halogens is 2. The van der Waals surface area contributed by atoms with Crippen molar-refractivity contribution in [3.05, 3.63) is 63.1 Å². The zero-order chi connectivity index (χ0) is 23.1. The molecule has 6 nitrogen and oxygen atoms in total. The van der Waals surface area contributed by atoms with Crippen molar-refractivity contribution in [1.82, 2.24) is 15.1 Å². The number of carbonyl (C=O) groups excluding carboxylic acids is 2. The van der Waals surface area contributed by atoms with Crippen molar-refractivity contribution in [3.8, 4) is 0 Å². The number of anilines is 1. The number of carbonyl (C=O) groups is 2. The maximum Gasteiger partial charge on any atom is 0.243 e. The first-order valence-electron chi connectivity index (χ1n) is 11.2. The van der Waals surface area contributed by atoms with Crippen molar-refractivity contribution in [1.29, 1.82) is 0 Å². The van der Waals surface area contributed by atoms with E-state index < -0.39 is 0 Å².